The van der Waals surface area contributed by atoms with Crippen LogP contribution < -0.4 is 16.4 Å². The molecule has 4 N–H and O–H groups in total. The van der Waals surface area contributed by atoms with Crippen LogP contribution in [0.4, 0.5) is 0 Å². The van der Waals surface area contributed by atoms with Gasteiger partial charge in [-0.15, -0.1) is 24.0 Å². The standard InChI is InChI=1S/C14H22N4O.HI/c1-3-9-17-14(16-4-2)18-10-11-5-7-12(8-6-11)13(15)19;/h5-8H,3-4,9-10H2,1-2H3,(H2,15,19)(H2,16,17,18);1H. The van der Waals surface area contributed by atoms with E-state index in [9.17, 15) is 4.79 Å². The summed E-state index contributed by atoms with van der Waals surface area (Å²) >= 11 is 0. The van der Waals surface area contributed by atoms with E-state index in [0.29, 0.717) is 12.1 Å². The molecule has 20 heavy (non-hydrogen) atoms. The molecule has 112 valence electrons. The molecule has 0 aromatic heterocycles. The third-order valence-corrected chi connectivity index (χ3v) is 2.54. The summed E-state index contributed by atoms with van der Waals surface area (Å²) in [6, 6.07) is 7.18. The van der Waals surface area contributed by atoms with Gasteiger partial charge in [-0.25, -0.2) is 4.99 Å². The van der Waals surface area contributed by atoms with Crippen molar-refractivity contribution < 1.29 is 4.79 Å². The van der Waals surface area contributed by atoms with Crippen molar-refractivity contribution in [2.24, 2.45) is 10.7 Å². The number of guanidine groups is 1. The minimum absolute atomic E-state index is 0. The molecule has 0 spiro atoms. The van der Waals surface area contributed by atoms with E-state index in [-0.39, 0.29) is 24.0 Å². The topological polar surface area (TPSA) is 79.5 Å². The van der Waals surface area contributed by atoms with E-state index in [1.165, 1.54) is 0 Å². The average molecular weight is 390 g/mol. The molecule has 0 saturated heterocycles. The minimum atomic E-state index is -0.409. The van der Waals surface area contributed by atoms with E-state index in [4.69, 9.17) is 5.73 Å². The highest BCUT2D eigenvalue weighted by molar-refractivity contribution is 14.0. The van der Waals surface area contributed by atoms with Crippen molar-refractivity contribution in [2.45, 2.75) is 26.8 Å². The zero-order valence-electron chi connectivity index (χ0n) is 12.0. The Morgan fingerprint density at radius 3 is 2.35 bits per heavy atom. The van der Waals surface area contributed by atoms with E-state index in [1.54, 1.807) is 12.1 Å². The van der Waals surface area contributed by atoms with Crippen LogP contribution in [-0.2, 0) is 6.54 Å². The highest BCUT2D eigenvalue weighted by Gasteiger charge is 2.00. The van der Waals surface area contributed by atoms with Crippen LogP contribution in [0.5, 0.6) is 0 Å². The Morgan fingerprint density at radius 1 is 1.20 bits per heavy atom. The molecule has 6 heteroatoms. The lowest BCUT2D eigenvalue weighted by molar-refractivity contribution is 0.100. The number of hydrogen-bond acceptors (Lipinski definition) is 2. The minimum Gasteiger partial charge on any atom is -0.366 e. The van der Waals surface area contributed by atoms with Crippen LogP contribution in [0, 0.1) is 0 Å². The first kappa shape index (κ1) is 18.7. The second-order valence-electron chi connectivity index (χ2n) is 4.18. The molecule has 0 bridgehead atoms. The molecular weight excluding hydrogens is 367 g/mol. The molecule has 0 aliphatic carbocycles. The zero-order chi connectivity index (χ0) is 14.1. The summed E-state index contributed by atoms with van der Waals surface area (Å²) < 4.78 is 0. The van der Waals surface area contributed by atoms with Gasteiger partial charge in [-0.05, 0) is 31.0 Å². The number of nitrogens with zero attached hydrogens (tertiary/aromatic N) is 1. The van der Waals surface area contributed by atoms with Crippen LogP contribution in [0.3, 0.4) is 0 Å². The van der Waals surface area contributed by atoms with Crippen molar-refractivity contribution in [1.29, 1.82) is 0 Å². The Balaban J connectivity index is 0.00000361. The number of benzene rings is 1. The van der Waals surface area contributed by atoms with Crippen LogP contribution >= 0.6 is 24.0 Å². The smallest absolute Gasteiger partial charge is 0.248 e. The quantitative estimate of drug-likeness (QED) is 0.394. The molecule has 0 aliphatic rings. The molecule has 0 heterocycles. The molecule has 0 saturated carbocycles. The van der Waals surface area contributed by atoms with E-state index >= 15 is 0 Å². The van der Waals surface area contributed by atoms with Crippen LogP contribution in [-0.4, -0.2) is 25.0 Å². The summed E-state index contributed by atoms with van der Waals surface area (Å²) in [5.41, 5.74) is 6.75. The highest BCUT2D eigenvalue weighted by atomic mass is 127. The van der Waals surface area contributed by atoms with Crippen LogP contribution in [0.15, 0.2) is 29.3 Å². The first-order valence-corrected chi connectivity index (χ1v) is 6.58. The number of aliphatic imine (C=N–C) groups is 1. The maximum Gasteiger partial charge on any atom is 0.248 e. The number of halogens is 1. The molecule has 1 aromatic rings. The lowest BCUT2D eigenvalue weighted by Gasteiger charge is -2.10. The van der Waals surface area contributed by atoms with Gasteiger partial charge in [-0.1, -0.05) is 19.1 Å². The van der Waals surface area contributed by atoms with Gasteiger partial charge >= 0.3 is 0 Å². The number of rotatable bonds is 6. The monoisotopic (exact) mass is 390 g/mol. The van der Waals surface area contributed by atoms with Gasteiger partial charge in [0, 0.05) is 18.7 Å². The SMILES string of the molecule is CCCNC(=NCc1ccc(C(N)=O)cc1)NCC.I. The van der Waals surface area contributed by atoms with Gasteiger partial charge in [0.05, 0.1) is 6.54 Å². The Hall–Kier alpha value is -1.31. The van der Waals surface area contributed by atoms with Crippen molar-refractivity contribution in [3.8, 4) is 0 Å². The largest absolute Gasteiger partial charge is 0.366 e. The Morgan fingerprint density at radius 2 is 1.85 bits per heavy atom. The fraction of sp³-hybridized carbons (Fsp3) is 0.429. The van der Waals surface area contributed by atoms with Crippen molar-refractivity contribution >= 4 is 35.8 Å². The Labute approximate surface area is 137 Å². The van der Waals surface area contributed by atoms with Crippen LogP contribution in [0.25, 0.3) is 0 Å². The molecule has 0 radical (unpaired) electrons. The van der Waals surface area contributed by atoms with E-state index in [1.807, 2.05) is 19.1 Å². The molecule has 5 nitrogen and oxygen atoms in total. The molecular formula is C14H23IN4O. The summed E-state index contributed by atoms with van der Waals surface area (Å²) in [6.45, 7) is 6.44. The number of carbonyl (C=O) groups is 1. The third kappa shape index (κ3) is 6.74. The summed E-state index contributed by atoms with van der Waals surface area (Å²) in [5, 5.41) is 6.42. The second kappa shape index (κ2) is 10.5. The average Bonchev–Trinajstić information content (AvgIpc) is 2.42. The fourth-order valence-corrected chi connectivity index (χ4v) is 1.53. The van der Waals surface area contributed by atoms with Gasteiger partial charge < -0.3 is 16.4 Å². The van der Waals surface area contributed by atoms with Crippen LogP contribution in [0.2, 0.25) is 0 Å². The van der Waals surface area contributed by atoms with Gasteiger partial charge in [0.2, 0.25) is 5.91 Å². The van der Waals surface area contributed by atoms with Gasteiger partial charge in [0.1, 0.15) is 0 Å². The summed E-state index contributed by atoms with van der Waals surface area (Å²) in [5.74, 6) is 0.399. The molecule has 0 aliphatic heterocycles. The summed E-state index contributed by atoms with van der Waals surface area (Å²) in [6.07, 6.45) is 1.05. The molecule has 0 atom stereocenters. The lowest BCUT2D eigenvalue weighted by Crippen LogP contribution is -2.37. The van der Waals surface area contributed by atoms with Crippen molar-refractivity contribution in [1.82, 2.24) is 10.6 Å². The molecule has 1 rings (SSSR count). The molecule has 0 unspecified atom stereocenters. The number of carbonyl (C=O) groups excluding carboxylic acids is 1. The Kier molecular flexibility index (Phi) is 9.79. The lowest BCUT2D eigenvalue weighted by atomic mass is 10.1. The Bertz CT molecular complexity index is 431. The number of primary amides is 1. The van der Waals surface area contributed by atoms with E-state index in [0.717, 1.165) is 31.0 Å². The fourth-order valence-electron chi connectivity index (χ4n) is 1.53. The van der Waals surface area contributed by atoms with Gasteiger partial charge in [0.25, 0.3) is 0 Å². The van der Waals surface area contributed by atoms with E-state index in [2.05, 4.69) is 22.5 Å². The highest BCUT2D eigenvalue weighted by Crippen LogP contribution is 2.05. The number of nitrogens with two attached hydrogens (primary N) is 1. The normalized spacial score (nSPS) is 10.6. The zero-order valence-corrected chi connectivity index (χ0v) is 14.3. The predicted octanol–water partition coefficient (Wildman–Crippen LogP) is 1.87. The maximum atomic E-state index is 11.0. The summed E-state index contributed by atoms with van der Waals surface area (Å²) in [7, 11) is 0. The van der Waals surface area contributed by atoms with Crippen LogP contribution in [0.1, 0.15) is 36.2 Å². The number of nitrogens with one attached hydrogen (secondary N) is 2. The maximum absolute atomic E-state index is 11.0. The molecule has 1 amide bonds. The predicted molar refractivity (Wildman–Crippen MR) is 93.5 cm³/mol. The number of amides is 1. The van der Waals surface area contributed by atoms with Crippen molar-refractivity contribution in [2.75, 3.05) is 13.1 Å². The molecule has 0 fully saturated rings. The van der Waals surface area contributed by atoms with Gasteiger partial charge in [-0.3, -0.25) is 4.79 Å². The first-order chi connectivity index (χ1) is 9.17. The third-order valence-electron chi connectivity index (χ3n) is 2.54. The molecule has 1 aromatic carbocycles. The van der Waals surface area contributed by atoms with Crippen molar-refractivity contribution in [3.05, 3.63) is 35.4 Å². The van der Waals surface area contributed by atoms with E-state index < -0.39 is 5.91 Å². The number of hydrogen-bond donors (Lipinski definition) is 3. The first-order valence-electron chi connectivity index (χ1n) is 6.58. The second-order valence-corrected chi connectivity index (χ2v) is 4.18. The van der Waals surface area contributed by atoms with Crippen molar-refractivity contribution in [3.63, 3.8) is 0 Å². The van der Waals surface area contributed by atoms with Gasteiger partial charge in [-0.2, -0.15) is 0 Å². The van der Waals surface area contributed by atoms with Gasteiger partial charge in [0.15, 0.2) is 5.96 Å². The summed E-state index contributed by atoms with van der Waals surface area (Å²) in [4.78, 5) is 15.4.